The molecule has 1 N–H and O–H groups in total. The molecule has 0 aliphatic heterocycles. The summed E-state index contributed by atoms with van der Waals surface area (Å²) in [5.74, 6) is 0. The van der Waals surface area contributed by atoms with Gasteiger partial charge in [-0.25, -0.2) is 0 Å². The second-order valence-corrected chi connectivity index (χ2v) is 9.49. The standard InChI is InChI=1S/C18H30O3S.C8H10/c1-2-3-4-5-6-7-8-9-10-11-14-17-15-12-13-16-18(17)22(19,20)21;1-7-5-3-4-6-8(7)2/h12-13,15-16H,2-11,14H2,1H3,(H,19,20,21);3-6H,1-2H3. The zero-order chi connectivity index (χ0) is 22.2. The number of hydrogen-bond acceptors (Lipinski definition) is 2. The first-order valence-electron chi connectivity index (χ1n) is 11.4. The van der Waals surface area contributed by atoms with Crippen molar-refractivity contribution in [1.82, 2.24) is 0 Å². The van der Waals surface area contributed by atoms with E-state index >= 15 is 0 Å². The van der Waals surface area contributed by atoms with Gasteiger partial charge in [0.15, 0.2) is 0 Å². The minimum atomic E-state index is -4.10. The van der Waals surface area contributed by atoms with Gasteiger partial charge in [-0.3, -0.25) is 4.55 Å². The van der Waals surface area contributed by atoms with Crippen LogP contribution in [0.2, 0.25) is 0 Å². The van der Waals surface area contributed by atoms with E-state index in [2.05, 4.69) is 45.0 Å². The molecule has 0 atom stereocenters. The van der Waals surface area contributed by atoms with Crippen molar-refractivity contribution in [2.45, 2.75) is 96.3 Å². The van der Waals surface area contributed by atoms with Gasteiger partial charge in [-0.1, -0.05) is 107 Å². The molecule has 30 heavy (non-hydrogen) atoms. The van der Waals surface area contributed by atoms with E-state index in [1.54, 1.807) is 12.1 Å². The molecule has 0 bridgehead atoms. The van der Waals surface area contributed by atoms with Gasteiger partial charge in [-0.2, -0.15) is 8.42 Å². The molecule has 2 rings (SSSR count). The lowest BCUT2D eigenvalue weighted by atomic mass is 10.0. The van der Waals surface area contributed by atoms with Gasteiger partial charge < -0.3 is 0 Å². The Hall–Kier alpha value is -1.65. The van der Waals surface area contributed by atoms with Crippen molar-refractivity contribution in [2.24, 2.45) is 0 Å². The Morgan fingerprint density at radius 2 is 1.10 bits per heavy atom. The Morgan fingerprint density at radius 1 is 0.667 bits per heavy atom. The molecule has 0 unspecified atom stereocenters. The second kappa shape index (κ2) is 15.2. The van der Waals surface area contributed by atoms with Crippen molar-refractivity contribution in [1.29, 1.82) is 0 Å². The molecule has 0 saturated heterocycles. The van der Waals surface area contributed by atoms with Gasteiger partial charge in [-0.05, 0) is 49.4 Å². The van der Waals surface area contributed by atoms with E-state index in [4.69, 9.17) is 0 Å². The van der Waals surface area contributed by atoms with Crippen molar-refractivity contribution in [2.75, 3.05) is 0 Å². The lowest BCUT2D eigenvalue weighted by Crippen LogP contribution is -2.03. The summed E-state index contributed by atoms with van der Waals surface area (Å²) in [7, 11) is -4.10. The summed E-state index contributed by atoms with van der Waals surface area (Å²) in [6.45, 7) is 6.48. The van der Waals surface area contributed by atoms with Crippen LogP contribution in [0.3, 0.4) is 0 Å². The molecular formula is C26H40O3S. The molecule has 168 valence electrons. The zero-order valence-electron chi connectivity index (χ0n) is 19.1. The van der Waals surface area contributed by atoms with Gasteiger partial charge in [0.1, 0.15) is 0 Å². The summed E-state index contributed by atoms with van der Waals surface area (Å²) in [4.78, 5) is 0.0610. The topological polar surface area (TPSA) is 54.4 Å². The summed E-state index contributed by atoms with van der Waals surface area (Å²) in [6.07, 6.45) is 13.3. The molecule has 2 aromatic rings. The van der Waals surface area contributed by atoms with Crippen molar-refractivity contribution >= 4 is 10.1 Å². The van der Waals surface area contributed by atoms with Crippen LogP contribution in [0.5, 0.6) is 0 Å². The van der Waals surface area contributed by atoms with Crippen LogP contribution in [0.25, 0.3) is 0 Å². The summed E-state index contributed by atoms with van der Waals surface area (Å²) < 4.78 is 31.8. The highest BCUT2D eigenvalue weighted by Crippen LogP contribution is 2.18. The van der Waals surface area contributed by atoms with E-state index in [1.807, 2.05) is 6.07 Å². The van der Waals surface area contributed by atoms with Gasteiger partial charge in [0.05, 0.1) is 4.90 Å². The molecule has 0 aliphatic carbocycles. The summed E-state index contributed by atoms with van der Waals surface area (Å²) in [5, 5.41) is 0. The maximum absolute atomic E-state index is 11.3. The average Bonchev–Trinajstić information content (AvgIpc) is 2.72. The summed E-state index contributed by atoms with van der Waals surface area (Å²) in [5.41, 5.74) is 3.46. The first kappa shape index (κ1) is 26.4. The Bertz CT molecular complexity index is 792. The number of aryl methyl sites for hydroxylation is 3. The lowest BCUT2D eigenvalue weighted by Gasteiger charge is -2.07. The van der Waals surface area contributed by atoms with Crippen LogP contribution in [0.15, 0.2) is 53.4 Å². The first-order chi connectivity index (χ1) is 14.4. The predicted octanol–water partition coefficient (Wildman–Crippen LogP) is 7.70. The molecule has 0 radical (unpaired) electrons. The number of rotatable bonds is 12. The highest BCUT2D eigenvalue weighted by molar-refractivity contribution is 7.85. The van der Waals surface area contributed by atoms with E-state index < -0.39 is 10.1 Å². The van der Waals surface area contributed by atoms with Gasteiger partial charge in [0.25, 0.3) is 10.1 Å². The van der Waals surface area contributed by atoms with E-state index in [1.165, 1.54) is 68.6 Å². The SMILES string of the molecule is CCCCCCCCCCCCc1ccccc1S(=O)(=O)O.Cc1ccccc1C. The van der Waals surface area contributed by atoms with Gasteiger partial charge >= 0.3 is 0 Å². The molecule has 0 heterocycles. The number of unbranched alkanes of at least 4 members (excludes halogenated alkanes) is 9. The van der Waals surface area contributed by atoms with Crippen molar-refractivity contribution in [3.05, 3.63) is 65.2 Å². The molecule has 2 aromatic carbocycles. The van der Waals surface area contributed by atoms with Crippen LogP contribution in [-0.2, 0) is 16.5 Å². The molecule has 0 aliphatic rings. The van der Waals surface area contributed by atoms with E-state index in [9.17, 15) is 13.0 Å². The molecule has 0 fully saturated rings. The Labute approximate surface area is 184 Å². The Kier molecular flexibility index (Phi) is 13.4. The smallest absolute Gasteiger partial charge is 0.282 e. The van der Waals surface area contributed by atoms with E-state index in [0.717, 1.165) is 18.4 Å². The highest BCUT2D eigenvalue weighted by atomic mass is 32.2. The number of hydrogen-bond donors (Lipinski definition) is 1. The number of benzene rings is 2. The average molecular weight is 433 g/mol. The molecular weight excluding hydrogens is 392 g/mol. The minimum absolute atomic E-state index is 0.0610. The normalized spacial score (nSPS) is 11.1. The van der Waals surface area contributed by atoms with Crippen LogP contribution >= 0.6 is 0 Å². The first-order valence-corrected chi connectivity index (χ1v) is 12.9. The fraction of sp³-hybridized carbons (Fsp3) is 0.538. The van der Waals surface area contributed by atoms with Crippen molar-refractivity contribution in [3.8, 4) is 0 Å². The minimum Gasteiger partial charge on any atom is -0.282 e. The van der Waals surface area contributed by atoms with Crippen LogP contribution in [0, 0.1) is 13.8 Å². The maximum atomic E-state index is 11.3. The third-order valence-corrected chi connectivity index (χ3v) is 6.43. The monoisotopic (exact) mass is 432 g/mol. The molecule has 3 nitrogen and oxygen atoms in total. The summed E-state index contributed by atoms with van der Waals surface area (Å²) in [6, 6.07) is 15.1. The summed E-state index contributed by atoms with van der Waals surface area (Å²) >= 11 is 0. The van der Waals surface area contributed by atoms with Crippen LogP contribution in [0.1, 0.15) is 87.8 Å². The molecule has 0 spiro atoms. The fourth-order valence-corrected chi connectivity index (χ4v) is 4.18. The fourth-order valence-electron chi connectivity index (χ4n) is 3.43. The maximum Gasteiger partial charge on any atom is 0.294 e. The van der Waals surface area contributed by atoms with E-state index in [-0.39, 0.29) is 4.90 Å². The second-order valence-electron chi connectivity index (χ2n) is 8.10. The Morgan fingerprint density at radius 3 is 1.57 bits per heavy atom. The molecule has 4 heteroatoms. The lowest BCUT2D eigenvalue weighted by molar-refractivity contribution is 0.481. The van der Waals surface area contributed by atoms with E-state index in [0.29, 0.717) is 6.42 Å². The highest BCUT2D eigenvalue weighted by Gasteiger charge is 2.13. The van der Waals surface area contributed by atoms with Crippen LogP contribution in [-0.4, -0.2) is 13.0 Å². The van der Waals surface area contributed by atoms with Gasteiger partial charge in [0, 0.05) is 0 Å². The van der Waals surface area contributed by atoms with Gasteiger partial charge in [0.2, 0.25) is 0 Å². The van der Waals surface area contributed by atoms with Crippen molar-refractivity contribution in [3.63, 3.8) is 0 Å². The molecule has 0 aromatic heterocycles. The third kappa shape index (κ3) is 11.5. The predicted molar refractivity (Wildman–Crippen MR) is 128 cm³/mol. The van der Waals surface area contributed by atoms with Crippen LogP contribution in [0.4, 0.5) is 0 Å². The Balaban J connectivity index is 0.000000467. The van der Waals surface area contributed by atoms with Gasteiger partial charge in [-0.15, -0.1) is 0 Å². The third-order valence-electron chi connectivity index (χ3n) is 5.48. The largest absolute Gasteiger partial charge is 0.294 e. The molecule has 0 amide bonds. The van der Waals surface area contributed by atoms with Crippen molar-refractivity contribution < 1.29 is 13.0 Å². The van der Waals surface area contributed by atoms with Crippen LogP contribution < -0.4 is 0 Å². The molecule has 0 saturated carbocycles. The zero-order valence-corrected chi connectivity index (χ0v) is 19.9. The quantitative estimate of drug-likeness (QED) is 0.276.